The maximum Gasteiger partial charge on any atom is 0.291 e. The quantitative estimate of drug-likeness (QED) is 0.689. The molecule has 1 atom stereocenters. The van der Waals surface area contributed by atoms with E-state index in [1.165, 1.54) is 6.26 Å². The van der Waals surface area contributed by atoms with Crippen LogP contribution < -0.4 is 20.1 Å². The predicted molar refractivity (Wildman–Crippen MR) is 106 cm³/mol. The van der Waals surface area contributed by atoms with Crippen LogP contribution in [0.2, 0.25) is 0 Å². The molecule has 29 heavy (non-hydrogen) atoms. The molecule has 7 heteroatoms. The van der Waals surface area contributed by atoms with E-state index in [0.29, 0.717) is 36.0 Å². The first-order valence-corrected chi connectivity index (χ1v) is 9.26. The Hall–Kier alpha value is -3.74. The third-order valence-electron chi connectivity index (χ3n) is 4.58. The van der Waals surface area contributed by atoms with E-state index in [9.17, 15) is 9.59 Å². The van der Waals surface area contributed by atoms with E-state index in [1.807, 2.05) is 25.1 Å². The maximum atomic E-state index is 12.9. The minimum Gasteiger partial charge on any atom is -0.486 e. The van der Waals surface area contributed by atoms with Gasteiger partial charge in [0.1, 0.15) is 13.2 Å². The van der Waals surface area contributed by atoms with E-state index < -0.39 is 5.91 Å². The van der Waals surface area contributed by atoms with Crippen LogP contribution in [0.4, 0.5) is 5.69 Å². The molecule has 1 aliphatic rings. The van der Waals surface area contributed by atoms with Crippen LogP contribution in [0.25, 0.3) is 0 Å². The van der Waals surface area contributed by atoms with E-state index in [1.54, 1.807) is 36.4 Å². The van der Waals surface area contributed by atoms with E-state index in [4.69, 9.17) is 13.9 Å². The van der Waals surface area contributed by atoms with Crippen molar-refractivity contribution < 1.29 is 23.5 Å². The van der Waals surface area contributed by atoms with Crippen LogP contribution in [-0.2, 0) is 0 Å². The molecule has 0 fully saturated rings. The lowest BCUT2D eigenvalue weighted by Crippen LogP contribution is -2.28. The number of hydrogen-bond donors (Lipinski definition) is 2. The summed E-state index contributed by atoms with van der Waals surface area (Å²) in [4.78, 5) is 25.1. The van der Waals surface area contributed by atoms with Crippen LogP contribution in [-0.4, -0.2) is 25.0 Å². The molecule has 148 valence electrons. The third kappa shape index (κ3) is 4.08. The highest BCUT2D eigenvalue weighted by atomic mass is 16.6. The van der Waals surface area contributed by atoms with Gasteiger partial charge in [0.05, 0.1) is 23.6 Å². The number of anilines is 1. The second-order valence-electron chi connectivity index (χ2n) is 6.58. The van der Waals surface area contributed by atoms with Crippen molar-refractivity contribution >= 4 is 17.5 Å². The first kappa shape index (κ1) is 18.6. The van der Waals surface area contributed by atoms with Crippen LogP contribution in [0.5, 0.6) is 11.5 Å². The number of hydrogen-bond acceptors (Lipinski definition) is 5. The molecule has 4 rings (SSSR count). The average Bonchev–Trinajstić information content (AvgIpc) is 3.29. The number of para-hydroxylation sites is 1. The SMILES string of the molecule is C[C@H](NC(=O)c1ccccc1NC(=O)c1ccco1)c1ccc2c(c1)OCCO2. The number of ether oxygens (including phenoxy) is 2. The molecule has 2 N–H and O–H groups in total. The van der Waals surface area contributed by atoms with Crippen LogP contribution in [0.1, 0.15) is 39.4 Å². The highest BCUT2D eigenvalue weighted by molar-refractivity contribution is 6.07. The molecule has 1 aromatic heterocycles. The summed E-state index contributed by atoms with van der Waals surface area (Å²) in [7, 11) is 0. The zero-order valence-electron chi connectivity index (χ0n) is 15.8. The lowest BCUT2D eigenvalue weighted by Gasteiger charge is -2.21. The minimum atomic E-state index is -0.421. The Labute approximate surface area is 167 Å². The maximum absolute atomic E-state index is 12.9. The Balaban J connectivity index is 1.49. The summed E-state index contributed by atoms with van der Waals surface area (Å²) in [6.07, 6.45) is 1.42. The van der Waals surface area contributed by atoms with Gasteiger partial charge in [-0.15, -0.1) is 0 Å². The lowest BCUT2D eigenvalue weighted by atomic mass is 10.1. The summed E-state index contributed by atoms with van der Waals surface area (Å²) < 4.78 is 16.2. The van der Waals surface area contributed by atoms with Crippen molar-refractivity contribution in [3.05, 3.63) is 77.7 Å². The molecular weight excluding hydrogens is 372 g/mol. The summed E-state index contributed by atoms with van der Waals surface area (Å²) in [5.41, 5.74) is 1.65. The van der Waals surface area contributed by atoms with E-state index in [2.05, 4.69) is 10.6 Å². The van der Waals surface area contributed by atoms with E-state index in [0.717, 1.165) is 5.56 Å². The van der Waals surface area contributed by atoms with E-state index in [-0.39, 0.29) is 17.7 Å². The zero-order chi connectivity index (χ0) is 20.2. The summed E-state index contributed by atoms with van der Waals surface area (Å²) in [5, 5.41) is 5.68. The van der Waals surface area contributed by atoms with Crippen molar-refractivity contribution in [3.8, 4) is 11.5 Å². The van der Waals surface area contributed by atoms with Crippen LogP contribution in [0, 0.1) is 0 Å². The van der Waals surface area contributed by atoms with E-state index >= 15 is 0 Å². The van der Waals surface area contributed by atoms with Crippen molar-refractivity contribution in [1.82, 2.24) is 5.32 Å². The molecule has 2 heterocycles. The average molecular weight is 392 g/mol. The fourth-order valence-corrected chi connectivity index (χ4v) is 3.07. The Kier molecular flexibility index (Phi) is 5.20. The van der Waals surface area contributed by atoms with Crippen molar-refractivity contribution in [1.29, 1.82) is 0 Å². The first-order valence-electron chi connectivity index (χ1n) is 9.26. The summed E-state index contributed by atoms with van der Waals surface area (Å²) >= 11 is 0. The standard InChI is InChI=1S/C22H20N2O5/c1-14(15-8-9-18-20(13-15)29-12-11-28-18)23-21(25)16-5-2-3-6-17(16)24-22(26)19-7-4-10-27-19/h2-10,13-14H,11-12H2,1H3,(H,23,25)(H,24,26)/t14-/m0/s1. The van der Waals surface area contributed by atoms with Gasteiger partial charge < -0.3 is 24.5 Å². The Morgan fingerprint density at radius 3 is 2.52 bits per heavy atom. The molecule has 0 spiro atoms. The Morgan fingerprint density at radius 1 is 0.931 bits per heavy atom. The fraction of sp³-hybridized carbons (Fsp3) is 0.182. The predicted octanol–water partition coefficient (Wildman–Crippen LogP) is 3.79. The molecule has 2 amide bonds. The molecule has 7 nitrogen and oxygen atoms in total. The van der Waals surface area contributed by atoms with Crippen LogP contribution in [0.15, 0.2) is 65.3 Å². The van der Waals surface area contributed by atoms with Crippen molar-refractivity contribution in [2.45, 2.75) is 13.0 Å². The van der Waals surface area contributed by atoms with Gasteiger partial charge in [-0.1, -0.05) is 18.2 Å². The molecule has 0 saturated heterocycles. The van der Waals surface area contributed by atoms with Gasteiger partial charge in [-0.25, -0.2) is 0 Å². The van der Waals surface area contributed by atoms with Crippen LogP contribution >= 0.6 is 0 Å². The van der Waals surface area contributed by atoms with Crippen molar-refractivity contribution in [2.75, 3.05) is 18.5 Å². The molecular formula is C22H20N2O5. The Morgan fingerprint density at radius 2 is 1.72 bits per heavy atom. The first-order chi connectivity index (χ1) is 14.1. The Bertz CT molecular complexity index is 1030. The normalized spacial score (nSPS) is 13.4. The monoisotopic (exact) mass is 392 g/mol. The van der Waals surface area contributed by atoms with Crippen LogP contribution in [0.3, 0.4) is 0 Å². The number of amides is 2. The second-order valence-corrected chi connectivity index (χ2v) is 6.58. The molecule has 0 aliphatic carbocycles. The molecule has 0 radical (unpaired) electrons. The molecule has 1 aliphatic heterocycles. The van der Waals surface area contributed by atoms with Gasteiger partial charge in [0.2, 0.25) is 0 Å². The van der Waals surface area contributed by atoms with Gasteiger partial charge in [-0.05, 0) is 48.9 Å². The molecule has 2 aromatic carbocycles. The number of benzene rings is 2. The molecule has 0 unspecified atom stereocenters. The van der Waals surface area contributed by atoms with Gasteiger partial charge >= 0.3 is 0 Å². The van der Waals surface area contributed by atoms with Gasteiger partial charge in [0.25, 0.3) is 11.8 Å². The molecule has 0 bridgehead atoms. The van der Waals surface area contributed by atoms with Gasteiger partial charge in [-0.2, -0.15) is 0 Å². The molecule has 3 aromatic rings. The summed E-state index contributed by atoms with van der Waals surface area (Å²) in [5.74, 6) is 0.813. The smallest absolute Gasteiger partial charge is 0.291 e. The number of carbonyl (C=O) groups excluding carboxylic acids is 2. The van der Waals surface area contributed by atoms with Gasteiger partial charge in [-0.3, -0.25) is 9.59 Å². The van der Waals surface area contributed by atoms with Crippen molar-refractivity contribution in [3.63, 3.8) is 0 Å². The third-order valence-corrected chi connectivity index (χ3v) is 4.58. The molecule has 0 saturated carbocycles. The zero-order valence-corrected chi connectivity index (χ0v) is 15.8. The minimum absolute atomic E-state index is 0.171. The number of carbonyl (C=O) groups is 2. The number of nitrogens with one attached hydrogen (secondary N) is 2. The topological polar surface area (TPSA) is 89.8 Å². The second kappa shape index (κ2) is 8.10. The number of fused-ring (bicyclic) bond motifs is 1. The highest BCUT2D eigenvalue weighted by Gasteiger charge is 2.19. The van der Waals surface area contributed by atoms with Gasteiger partial charge in [0, 0.05) is 0 Å². The number of rotatable bonds is 5. The fourth-order valence-electron chi connectivity index (χ4n) is 3.07. The van der Waals surface area contributed by atoms with Crippen molar-refractivity contribution in [2.24, 2.45) is 0 Å². The lowest BCUT2D eigenvalue weighted by molar-refractivity contribution is 0.0940. The number of furan rings is 1. The van der Waals surface area contributed by atoms with Gasteiger partial charge in [0.15, 0.2) is 17.3 Å². The summed E-state index contributed by atoms with van der Waals surface area (Å²) in [6.45, 7) is 2.91. The largest absolute Gasteiger partial charge is 0.486 e. The summed E-state index contributed by atoms with van der Waals surface area (Å²) in [6, 6.07) is 15.3. The highest BCUT2D eigenvalue weighted by Crippen LogP contribution is 2.32.